The molecule has 2 rings (SSSR count). The molecule has 0 aliphatic heterocycles. The number of nitro benzene ring substituents is 3. The predicted octanol–water partition coefficient (Wildman–Crippen LogP) is 3.28. The summed E-state index contributed by atoms with van der Waals surface area (Å²) in [5, 5.41) is 33.1. The van der Waals surface area contributed by atoms with E-state index in [1.54, 1.807) is 0 Å². The number of ether oxygens (including phenoxy) is 1. The topological polar surface area (TPSA) is 156 Å². The molecule has 12 heteroatoms. The highest BCUT2D eigenvalue weighted by Gasteiger charge is 2.34. The molecule has 0 fully saturated rings. The monoisotopic (exact) mass is 367 g/mol. The fourth-order valence-electron chi connectivity index (χ4n) is 1.83. The van der Waals surface area contributed by atoms with E-state index in [0.29, 0.717) is 12.1 Å². The zero-order valence-corrected chi connectivity index (χ0v) is 12.7. The number of nitro groups is 3. The van der Waals surface area contributed by atoms with Crippen molar-refractivity contribution in [1.82, 2.24) is 0 Å². The van der Waals surface area contributed by atoms with Gasteiger partial charge in [-0.2, -0.15) is 0 Å². The van der Waals surface area contributed by atoms with Crippen molar-refractivity contribution in [3.05, 3.63) is 77.3 Å². The number of carbonyl (C=O) groups is 1. The molecule has 0 atom stereocenters. The summed E-state index contributed by atoms with van der Waals surface area (Å²) < 4.78 is 4.77. The molecule has 0 unspecified atom stereocenters. The van der Waals surface area contributed by atoms with E-state index in [0.717, 1.165) is 0 Å². The van der Waals surface area contributed by atoms with E-state index in [1.165, 1.54) is 24.3 Å². The van der Waals surface area contributed by atoms with Crippen molar-refractivity contribution in [3.63, 3.8) is 0 Å². The number of carbonyl (C=O) groups excluding carboxylic acids is 1. The number of hydrogen-bond donors (Lipinski definition) is 0. The van der Waals surface area contributed by atoms with Crippen molar-refractivity contribution < 1.29 is 24.3 Å². The molecule has 0 saturated carbocycles. The number of hydrogen-bond acceptors (Lipinski definition) is 8. The van der Waals surface area contributed by atoms with Crippen molar-refractivity contribution in [2.24, 2.45) is 0 Å². The Morgan fingerprint density at radius 3 is 1.92 bits per heavy atom. The van der Waals surface area contributed by atoms with Crippen LogP contribution in [0, 0.1) is 30.3 Å². The van der Waals surface area contributed by atoms with Crippen LogP contribution in [0.5, 0.6) is 5.75 Å². The molecule has 2 aromatic rings. The summed E-state index contributed by atoms with van der Waals surface area (Å²) in [5.41, 5.74) is -3.18. The van der Waals surface area contributed by atoms with E-state index in [2.05, 4.69) is 0 Å². The zero-order chi connectivity index (χ0) is 18.7. The maximum atomic E-state index is 12.1. The molecule has 0 N–H and O–H groups in total. The highest BCUT2D eigenvalue weighted by atomic mass is 35.5. The highest BCUT2D eigenvalue weighted by Crippen LogP contribution is 2.40. The average molecular weight is 368 g/mol. The van der Waals surface area contributed by atoms with E-state index in [4.69, 9.17) is 16.3 Å². The third kappa shape index (κ3) is 3.84. The number of non-ortho nitro benzene ring substituents is 1. The first-order valence-electron chi connectivity index (χ1n) is 6.29. The van der Waals surface area contributed by atoms with Gasteiger partial charge in [-0.1, -0.05) is 17.7 Å². The smallest absolute Gasteiger partial charge is 0.344 e. The Balaban J connectivity index is 2.58. The molecule has 0 aromatic heterocycles. The van der Waals surface area contributed by atoms with Gasteiger partial charge in [-0.05, 0) is 18.2 Å². The quantitative estimate of drug-likeness (QED) is 0.337. The van der Waals surface area contributed by atoms with Crippen LogP contribution in [-0.2, 0) is 0 Å². The summed E-state index contributed by atoms with van der Waals surface area (Å²) in [5.74, 6) is -2.16. The summed E-state index contributed by atoms with van der Waals surface area (Å²) in [6, 6.07) is 6.25. The maximum absolute atomic E-state index is 12.1. The minimum Gasteiger partial charge on any atom is -0.408 e. The van der Waals surface area contributed by atoms with Gasteiger partial charge in [0.25, 0.3) is 11.4 Å². The fourth-order valence-corrected chi connectivity index (χ4v) is 2.02. The first-order valence-corrected chi connectivity index (χ1v) is 6.67. The first-order chi connectivity index (χ1) is 11.7. The van der Waals surface area contributed by atoms with Crippen LogP contribution in [0.4, 0.5) is 17.1 Å². The van der Waals surface area contributed by atoms with Crippen LogP contribution in [0.2, 0.25) is 5.02 Å². The summed E-state index contributed by atoms with van der Waals surface area (Å²) in [7, 11) is 0. The van der Waals surface area contributed by atoms with Gasteiger partial charge in [0.15, 0.2) is 0 Å². The third-order valence-electron chi connectivity index (χ3n) is 2.89. The van der Waals surface area contributed by atoms with Crippen molar-refractivity contribution in [1.29, 1.82) is 0 Å². The van der Waals surface area contributed by atoms with Crippen LogP contribution in [0.3, 0.4) is 0 Å². The minimum absolute atomic E-state index is 0.116. The van der Waals surface area contributed by atoms with Gasteiger partial charge in [-0.25, -0.2) is 4.79 Å². The predicted molar refractivity (Wildman–Crippen MR) is 82.8 cm³/mol. The summed E-state index contributed by atoms with van der Waals surface area (Å²) in [6.07, 6.45) is 0. The molecule has 11 nitrogen and oxygen atoms in total. The molecular weight excluding hydrogens is 362 g/mol. The summed E-state index contributed by atoms with van der Waals surface area (Å²) in [6.45, 7) is 0. The molecule has 0 heterocycles. The van der Waals surface area contributed by atoms with Gasteiger partial charge in [0.05, 0.1) is 32.5 Å². The van der Waals surface area contributed by atoms with Gasteiger partial charge in [-0.15, -0.1) is 0 Å². The van der Waals surface area contributed by atoms with E-state index >= 15 is 0 Å². The molecule has 0 bridgehead atoms. The van der Waals surface area contributed by atoms with Crippen LogP contribution in [0.25, 0.3) is 0 Å². The van der Waals surface area contributed by atoms with Crippen LogP contribution >= 0.6 is 11.6 Å². The number of nitrogens with zero attached hydrogens (tertiary/aromatic N) is 3. The van der Waals surface area contributed by atoms with E-state index in [1.807, 2.05) is 0 Å². The average Bonchev–Trinajstić information content (AvgIpc) is 2.54. The second kappa shape index (κ2) is 6.88. The second-order valence-corrected chi connectivity index (χ2v) is 4.92. The largest absolute Gasteiger partial charge is 0.408 e. The Hall–Kier alpha value is -3.60. The lowest BCUT2D eigenvalue weighted by molar-refractivity contribution is -0.404. The summed E-state index contributed by atoms with van der Waals surface area (Å²) in [4.78, 5) is 41.8. The van der Waals surface area contributed by atoms with Crippen molar-refractivity contribution in [2.75, 3.05) is 0 Å². The van der Waals surface area contributed by atoms with Gasteiger partial charge in [0.1, 0.15) is 0 Å². The van der Waals surface area contributed by atoms with Gasteiger partial charge in [-0.3, -0.25) is 30.3 Å². The summed E-state index contributed by atoms with van der Waals surface area (Å²) >= 11 is 5.71. The number of benzene rings is 2. The van der Waals surface area contributed by atoms with Crippen LogP contribution < -0.4 is 4.74 Å². The maximum Gasteiger partial charge on any atom is 0.344 e. The fraction of sp³-hybridized carbons (Fsp3) is 0. The molecule has 0 saturated heterocycles. The van der Waals surface area contributed by atoms with Crippen LogP contribution in [0.15, 0.2) is 36.4 Å². The normalized spacial score (nSPS) is 10.1. The molecule has 0 radical (unpaired) electrons. The standard InChI is InChI=1S/C13H6ClN3O8/c14-8-3-1-2-7(4-8)13(18)25-12-10(16(21)22)5-9(15(19)20)6-11(12)17(23)24/h1-6H. The van der Waals surface area contributed by atoms with Crippen molar-refractivity contribution >= 4 is 34.6 Å². The van der Waals surface area contributed by atoms with E-state index in [-0.39, 0.29) is 10.6 Å². The lowest BCUT2D eigenvalue weighted by Gasteiger charge is -2.06. The molecule has 0 aliphatic carbocycles. The lowest BCUT2D eigenvalue weighted by atomic mass is 10.2. The molecule has 0 aliphatic rings. The Labute approximate surface area is 142 Å². The number of halogens is 1. The highest BCUT2D eigenvalue weighted by molar-refractivity contribution is 6.30. The van der Waals surface area contributed by atoms with Gasteiger partial charge >= 0.3 is 17.3 Å². The first kappa shape index (κ1) is 17.7. The Morgan fingerprint density at radius 2 is 1.48 bits per heavy atom. The molecule has 2 aromatic carbocycles. The van der Waals surface area contributed by atoms with Crippen molar-refractivity contribution in [3.8, 4) is 5.75 Å². The SMILES string of the molecule is O=C(Oc1c([N+](=O)[O-])cc([N+](=O)[O-])cc1[N+](=O)[O-])c1cccc(Cl)c1. The van der Waals surface area contributed by atoms with E-state index in [9.17, 15) is 35.1 Å². The van der Waals surface area contributed by atoms with Gasteiger partial charge < -0.3 is 4.74 Å². The minimum atomic E-state index is -1.15. The molecule has 25 heavy (non-hydrogen) atoms. The molecule has 0 spiro atoms. The van der Waals surface area contributed by atoms with Gasteiger partial charge in [0, 0.05) is 5.02 Å². The Kier molecular flexibility index (Phi) is 4.89. The van der Waals surface area contributed by atoms with Gasteiger partial charge in [0.2, 0.25) is 0 Å². The Bertz CT molecular complexity index is 879. The Morgan fingerprint density at radius 1 is 0.920 bits per heavy atom. The number of rotatable bonds is 5. The van der Waals surface area contributed by atoms with Crippen molar-refractivity contribution in [2.45, 2.75) is 0 Å². The molecular formula is C13H6ClN3O8. The molecule has 128 valence electrons. The second-order valence-electron chi connectivity index (χ2n) is 4.48. The van der Waals surface area contributed by atoms with E-state index < -0.39 is 43.6 Å². The number of esters is 1. The lowest BCUT2D eigenvalue weighted by Crippen LogP contribution is -2.11. The van der Waals surface area contributed by atoms with Crippen LogP contribution in [0.1, 0.15) is 10.4 Å². The van der Waals surface area contributed by atoms with Crippen LogP contribution in [-0.4, -0.2) is 20.7 Å². The zero-order valence-electron chi connectivity index (χ0n) is 11.9. The molecule has 0 amide bonds. The third-order valence-corrected chi connectivity index (χ3v) is 3.13.